The smallest absolute Gasteiger partial charge is 0.407 e. The number of alkyl carbamates (subject to hydrolysis) is 1. The van der Waals surface area contributed by atoms with E-state index in [1.165, 1.54) is 22.0 Å². The van der Waals surface area contributed by atoms with Gasteiger partial charge in [0.25, 0.3) is 11.8 Å². The van der Waals surface area contributed by atoms with E-state index in [1.54, 1.807) is 11.1 Å². The molecule has 5 atom stereocenters. The number of aromatic nitrogens is 2. The zero-order valence-electron chi connectivity index (χ0n) is 33.4. The number of likely N-dealkylation sites (tertiary alicyclic amines) is 1. The fourth-order valence-electron chi connectivity index (χ4n) is 8.46. The van der Waals surface area contributed by atoms with Crippen LogP contribution in [0.2, 0.25) is 0 Å². The van der Waals surface area contributed by atoms with E-state index in [-0.39, 0.29) is 55.2 Å². The predicted octanol–water partition coefficient (Wildman–Crippen LogP) is 4.58. The molecule has 4 aliphatic rings. The van der Waals surface area contributed by atoms with Crippen LogP contribution in [0.1, 0.15) is 56.0 Å². The third kappa shape index (κ3) is 10.4. The zero-order valence-corrected chi connectivity index (χ0v) is 33.4. The minimum Gasteiger partial charge on any atom is -0.442 e. The van der Waals surface area contributed by atoms with Gasteiger partial charge in [-0.05, 0) is 55.4 Å². The number of halogens is 3. The highest BCUT2D eigenvalue weighted by Crippen LogP contribution is 2.39. The van der Waals surface area contributed by atoms with E-state index in [4.69, 9.17) is 14.5 Å². The molecule has 0 spiro atoms. The number of benzene rings is 2. The van der Waals surface area contributed by atoms with Crippen LogP contribution < -0.4 is 10.6 Å². The van der Waals surface area contributed by atoms with E-state index < -0.39 is 54.1 Å². The fourth-order valence-corrected chi connectivity index (χ4v) is 8.46. The van der Waals surface area contributed by atoms with Crippen LogP contribution in [0, 0.1) is 23.5 Å². The number of amides is 5. The molecule has 14 nitrogen and oxygen atoms in total. The topological polar surface area (TPSA) is 159 Å². The quantitative estimate of drug-likeness (QED) is 0.139. The summed E-state index contributed by atoms with van der Waals surface area (Å²) >= 11 is 0. The Hall–Kier alpha value is -5.26. The monoisotopic (exact) mass is 835 g/mol. The summed E-state index contributed by atoms with van der Waals surface area (Å²) in [7, 11) is 0. The number of imidazole rings is 1. The second-order valence-corrected chi connectivity index (χ2v) is 15.9. The minimum absolute atomic E-state index is 0.00296. The summed E-state index contributed by atoms with van der Waals surface area (Å²) in [4.78, 5) is 60.4. The lowest BCUT2D eigenvalue weighted by Crippen LogP contribution is -2.50. The van der Waals surface area contributed by atoms with Crippen molar-refractivity contribution in [2.75, 3.05) is 59.0 Å². The highest BCUT2D eigenvalue weighted by atomic mass is 19.1. The Bertz CT molecular complexity index is 1990. The van der Waals surface area contributed by atoms with Crippen molar-refractivity contribution in [2.45, 2.75) is 69.5 Å². The number of carbonyl (C=O) groups is 4. The predicted molar refractivity (Wildman–Crippen MR) is 213 cm³/mol. The molecule has 0 bridgehead atoms. The maximum Gasteiger partial charge on any atom is 0.407 e. The third-order valence-electron chi connectivity index (χ3n) is 11.7. The molecule has 2 aromatic carbocycles. The van der Waals surface area contributed by atoms with Gasteiger partial charge in [0, 0.05) is 82.3 Å². The van der Waals surface area contributed by atoms with Gasteiger partial charge in [0.2, 0.25) is 0 Å². The molecule has 3 aromatic rings. The van der Waals surface area contributed by atoms with Crippen LogP contribution in [-0.4, -0.2) is 131 Å². The number of urea groups is 1. The van der Waals surface area contributed by atoms with E-state index >= 15 is 8.78 Å². The third-order valence-corrected chi connectivity index (χ3v) is 11.7. The number of hydrogen-bond acceptors (Lipinski definition) is 9. The molecule has 5 unspecified atom stereocenters. The maximum atomic E-state index is 15.5. The zero-order chi connectivity index (χ0) is 42.2. The fraction of sp³-hybridized carbons (Fsp3) is 0.512. The molecule has 4 aliphatic heterocycles. The number of aliphatic hydroxyl groups is 1. The van der Waals surface area contributed by atoms with Crippen LogP contribution in [0.5, 0.6) is 0 Å². The normalized spacial score (nSPS) is 22.5. The number of imide groups is 1. The number of β-amino-alcohol motifs (C(OH)–C–C–N with tert-alkyl or cyclic N) is 1. The second-order valence-electron chi connectivity index (χ2n) is 15.9. The first-order valence-corrected chi connectivity index (χ1v) is 20.8. The van der Waals surface area contributed by atoms with Crippen molar-refractivity contribution in [2.24, 2.45) is 11.8 Å². The van der Waals surface area contributed by atoms with E-state index in [0.29, 0.717) is 70.9 Å². The lowest BCUT2D eigenvalue weighted by molar-refractivity contribution is -0.136. The Morgan fingerprint density at radius 1 is 1.00 bits per heavy atom. The van der Waals surface area contributed by atoms with Gasteiger partial charge >= 0.3 is 12.1 Å². The van der Waals surface area contributed by atoms with Crippen LogP contribution in [0.15, 0.2) is 66.9 Å². The number of nitrogens with one attached hydrogen (secondary N) is 2. The van der Waals surface area contributed by atoms with Gasteiger partial charge in [-0.1, -0.05) is 43.2 Å². The number of carbonyl (C=O) groups excluding carboxylic acids is 4. The molecule has 0 saturated carbocycles. The lowest BCUT2D eigenvalue weighted by Gasteiger charge is -2.41. The molecular formula is C43H52F3N7O7. The number of nitrogens with zero attached hydrogens (tertiary/aromatic N) is 5. The Kier molecular flexibility index (Phi) is 14.2. The van der Waals surface area contributed by atoms with Crippen LogP contribution >= 0.6 is 0 Å². The molecule has 3 saturated heterocycles. The first-order valence-electron chi connectivity index (χ1n) is 20.8. The van der Waals surface area contributed by atoms with Crippen LogP contribution in [0.25, 0.3) is 11.3 Å². The molecule has 17 heteroatoms. The molecule has 3 fully saturated rings. The summed E-state index contributed by atoms with van der Waals surface area (Å²) in [5.41, 5.74) is 1.04. The van der Waals surface area contributed by atoms with E-state index in [9.17, 15) is 28.7 Å². The summed E-state index contributed by atoms with van der Waals surface area (Å²) in [6, 6.07) is 11.4. The van der Waals surface area contributed by atoms with E-state index in [1.807, 2.05) is 34.9 Å². The summed E-state index contributed by atoms with van der Waals surface area (Å²) in [6.07, 6.45) is 3.77. The van der Waals surface area contributed by atoms with Gasteiger partial charge < -0.3 is 39.6 Å². The molecule has 7 rings (SSSR count). The van der Waals surface area contributed by atoms with E-state index in [0.717, 1.165) is 36.6 Å². The van der Waals surface area contributed by atoms with Crippen molar-refractivity contribution in [3.05, 3.63) is 89.9 Å². The SMILES string of the molecule is O=C(NCCCCCCN1C(=O)C=CC1=O)OC1CN(C(=O)N(CC2CNCC2F)C(c2nc(-c3cc(F)ccc3F)cn2Cc2ccccc2)C2CCOCC2)CC1O. The van der Waals surface area contributed by atoms with Crippen molar-refractivity contribution < 1.29 is 46.9 Å². The summed E-state index contributed by atoms with van der Waals surface area (Å²) < 4.78 is 58.5. The van der Waals surface area contributed by atoms with Gasteiger partial charge in [0.1, 0.15) is 35.8 Å². The number of alkyl halides is 1. The Labute approximate surface area is 346 Å². The molecule has 0 aliphatic carbocycles. The van der Waals surface area contributed by atoms with Gasteiger partial charge in [0.15, 0.2) is 0 Å². The van der Waals surface area contributed by atoms with Gasteiger partial charge in [-0.3, -0.25) is 14.5 Å². The molecule has 1 aromatic heterocycles. The average molecular weight is 836 g/mol. The largest absolute Gasteiger partial charge is 0.442 e. The van der Waals surface area contributed by atoms with Gasteiger partial charge in [-0.15, -0.1) is 0 Å². The standard InChI is InChI=1S/C43H52F3N7O7/c44-31-10-11-33(45)32(20-31)35-25-50(23-28-8-4-3-5-9-28)41(49-35)40(29-14-18-59-19-15-29)53(24-30-21-47-22-34(30)46)43(58)51-26-36(54)37(27-51)60-42(57)48-16-6-1-2-7-17-52-38(55)12-13-39(52)56/h3-5,8-13,20,25,29-30,34,36-37,40,47,54H,1-2,6-7,14-19,21-24,26-27H2,(H,48,57). The van der Waals surface area contributed by atoms with Gasteiger partial charge in [-0.25, -0.2) is 27.7 Å². The maximum absolute atomic E-state index is 15.5. The summed E-state index contributed by atoms with van der Waals surface area (Å²) in [5.74, 6) is -2.29. The number of ether oxygens (including phenoxy) is 2. The summed E-state index contributed by atoms with van der Waals surface area (Å²) in [6.45, 7) is 1.94. The van der Waals surface area contributed by atoms with Crippen LogP contribution in [-0.2, 0) is 25.6 Å². The Balaban J connectivity index is 1.09. The Morgan fingerprint density at radius 2 is 1.75 bits per heavy atom. The van der Waals surface area contributed by atoms with Crippen molar-refractivity contribution in [3.8, 4) is 11.3 Å². The van der Waals surface area contributed by atoms with Gasteiger partial charge in [-0.2, -0.15) is 0 Å². The molecule has 5 heterocycles. The van der Waals surface area contributed by atoms with Crippen molar-refractivity contribution in [1.82, 2.24) is 34.9 Å². The highest BCUT2D eigenvalue weighted by Gasteiger charge is 2.45. The first kappa shape index (κ1) is 42.8. The van der Waals surface area contributed by atoms with Gasteiger partial charge in [0.05, 0.1) is 24.8 Å². The van der Waals surface area contributed by atoms with Crippen LogP contribution in [0.4, 0.5) is 22.8 Å². The number of hydrogen-bond donors (Lipinski definition) is 3. The Morgan fingerprint density at radius 3 is 2.48 bits per heavy atom. The molecule has 5 amide bonds. The van der Waals surface area contributed by atoms with Crippen LogP contribution in [0.3, 0.4) is 0 Å². The lowest BCUT2D eigenvalue weighted by atomic mass is 9.89. The molecule has 0 radical (unpaired) electrons. The van der Waals surface area contributed by atoms with Crippen molar-refractivity contribution in [3.63, 3.8) is 0 Å². The number of unbranched alkanes of at least 4 members (excludes halogenated alkanes) is 3. The molecule has 60 heavy (non-hydrogen) atoms. The minimum atomic E-state index is -1.24. The second kappa shape index (κ2) is 19.9. The molecular weight excluding hydrogens is 784 g/mol. The van der Waals surface area contributed by atoms with Crippen molar-refractivity contribution in [1.29, 1.82) is 0 Å². The molecule has 3 N–H and O–H groups in total. The highest BCUT2D eigenvalue weighted by molar-refractivity contribution is 6.12. The van der Waals surface area contributed by atoms with E-state index in [2.05, 4.69) is 10.6 Å². The number of rotatable bonds is 16. The number of aliphatic hydroxyl groups excluding tert-OH is 1. The molecule has 322 valence electrons. The van der Waals surface area contributed by atoms with Crippen molar-refractivity contribution >= 4 is 23.9 Å². The summed E-state index contributed by atoms with van der Waals surface area (Å²) in [5, 5.41) is 16.9. The first-order chi connectivity index (χ1) is 29.0. The average Bonchev–Trinajstić information content (AvgIpc) is 4.03.